The number of nitrogens with one attached hydrogen (secondary N) is 3. The largest absolute Gasteiger partial charge is 0.417 e. The summed E-state index contributed by atoms with van der Waals surface area (Å²) in [7, 11) is 0. The average molecular weight is 468 g/mol. The molecule has 0 unspecified atom stereocenters. The maximum Gasteiger partial charge on any atom is 0.417 e. The summed E-state index contributed by atoms with van der Waals surface area (Å²) < 4.78 is 53.9. The van der Waals surface area contributed by atoms with Crippen LogP contribution < -0.4 is 16.4 Å². The fourth-order valence-corrected chi connectivity index (χ4v) is 3.48. The smallest absolute Gasteiger partial charge is 0.329 e. The van der Waals surface area contributed by atoms with Crippen LogP contribution in [0.25, 0.3) is 0 Å². The van der Waals surface area contributed by atoms with E-state index in [-0.39, 0.29) is 23.2 Å². The Labute approximate surface area is 185 Å². The zero-order valence-electron chi connectivity index (χ0n) is 16.7. The van der Waals surface area contributed by atoms with Gasteiger partial charge in [-0.1, -0.05) is 24.6 Å². The summed E-state index contributed by atoms with van der Waals surface area (Å²) >= 11 is 5.83. The number of carbonyl (C=O) groups excluding carboxylic acids is 1. The molecule has 1 amide bonds. The molecule has 1 aromatic heterocycles. The molecule has 0 aliphatic carbocycles. The Hall–Kier alpha value is -3.33. The third-order valence-electron chi connectivity index (χ3n) is 4.77. The molecule has 0 fully saturated rings. The van der Waals surface area contributed by atoms with Crippen molar-refractivity contribution in [2.24, 2.45) is 0 Å². The SMILES string of the molecule is CCc1cc(F)ccc1Cc1cc(C(F)(F)F)c(Cl)cc1C(=O)NNc1cc[nH]c(=O)c1. The first-order valence-electron chi connectivity index (χ1n) is 9.50. The molecular formula is C22H18ClF4N3O2. The average Bonchev–Trinajstić information content (AvgIpc) is 2.73. The van der Waals surface area contributed by atoms with Crippen LogP contribution in [0.15, 0.2) is 53.5 Å². The van der Waals surface area contributed by atoms with Gasteiger partial charge in [0.25, 0.3) is 5.91 Å². The molecule has 10 heteroatoms. The highest BCUT2D eigenvalue weighted by Crippen LogP contribution is 2.37. The van der Waals surface area contributed by atoms with Crippen LogP contribution in [0.3, 0.4) is 0 Å². The predicted molar refractivity (Wildman–Crippen MR) is 113 cm³/mol. The third-order valence-corrected chi connectivity index (χ3v) is 5.08. The molecule has 0 atom stereocenters. The fourth-order valence-electron chi connectivity index (χ4n) is 3.21. The van der Waals surface area contributed by atoms with Gasteiger partial charge in [-0.05, 0) is 59.9 Å². The number of benzene rings is 2. The van der Waals surface area contributed by atoms with Gasteiger partial charge in [-0.3, -0.25) is 20.4 Å². The monoisotopic (exact) mass is 467 g/mol. The van der Waals surface area contributed by atoms with Crippen LogP contribution in [-0.2, 0) is 19.0 Å². The number of rotatable bonds is 6. The number of aromatic amines is 1. The summed E-state index contributed by atoms with van der Waals surface area (Å²) in [5.41, 5.74) is 4.84. The minimum Gasteiger partial charge on any atom is -0.329 e. The molecule has 3 rings (SSSR count). The summed E-state index contributed by atoms with van der Waals surface area (Å²) in [6.45, 7) is 1.79. The lowest BCUT2D eigenvalue weighted by Crippen LogP contribution is -2.31. The number of carbonyl (C=O) groups is 1. The number of aromatic nitrogens is 1. The lowest BCUT2D eigenvalue weighted by molar-refractivity contribution is -0.137. The number of aryl methyl sites for hydroxylation is 1. The van der Waals surface area contributed by atoms with Gasteiger partial charge in [-0.2, -0.15) is 13.2 Å². The van der Waals surface area contributed by atoms with E-state index in [2.05, 4.69) is 15.8 Å². The molecule has 0 bridgehead atoms. The van der Waals surface area contributed by atoms with Gasteiger partial charge < -0.3 is 4.98 Å². The van der Waals surface area contributed by atoms with Crippen molar-refractivity contribution in [3.8, 4) is 0 Å². The minimum atomic E-state index is -4.72. The van der Waals surface area contributed by atoms with Gasteiger partial charge in [0.05, 0.1) is 16.3 Å². The van der Waals surface area contributed by atoms with Gasteiger partial charge in [0.2, 0.25) is 5.56 Å². The van der Waals surface area contributed by atoms with Crippen LogP contribution in [0.2, 0.25) is 5.02 Å². The van der Waals surface area contributed by atoms with E-state index in [1.54, 1.807) is 6.92 Å². The molecule has 0 aliphatic rings. The maximum atomic E-state index is 13.6. The van der Waals surface area contributed by atoms with E-state index in [0.29, 0.717) is 17.5 Å². The van der Waals surface area contributed by atoms with Crippen molar-refractivity contribution < 1.29 is 22.4 Å². The molecule has 1 heterocycles. The second kappa shape index (κ2) is 9.44. The van der Waals surface area contributed by atoms with E-state index in [1.807, 2.05) is 0 Å². The van der Waals surface area contributed by atoms with E-state index in [9.17, 15) is 27.2 Å². The molecule has 0 spiro atoms. The predicted octanol–water partition coefficient (Wildman–Crippen LogP) is 5.10. The Balaban J connectivity index is 1.99. The van der Waals surface area contributed by atoms with Crippen molar-refractivity contribution in [2.75, 3.05) is 5.43 Å². The lowest BCUT2D eigenvalue weighted by atomic mass is 9.93. The number of H-pyrrole nitrogens is 1. The number of hydrazine groups is 1. The van der Waals surface area contributed by atoms with Crippen LogP contribution in [-0.4, -0.2) is 10.9 Å². The zero-order chi connectivity index (χ0) is 23.5. The van der Waals surface area contributed by atoms with E-state index < -0.39 is 34.0 Å². The molecule has 3 aromatic rings. The van der Waals surface area contributed by atoms with E-state index in [0.717, 1.165) is 12.1 Å². The third kappa shape index (κ3) is 5.47. The molecule has 0 saturated carbocycles. The number of pyridine rings is 1. The summed E-state index contributed by atoms with van der Waals surface area (Å²) in [6.07, 6.45) is -2.95. The van der Waals surface area contributed by atoms with Crippen molar-refractivity contribution in [3.05, 3.63) is 97.7 Å². The van der Waals surface area contributed by atoms with Crippen molar-refractivity contribution in [2.45, 2.75) is 25.9 Å². The molecule has 3 N–H and O–H groups in total. The molecule has 32 heavy (non-hydrogen) atoms. The maximum absolute atomic E-state index is 13.6. The fraction of sp³-hybridized carbons (Fsp3) is 0.182. The second-order valence-electron chi connectivity index (χ2n) is 6.95. The summed E-state index contributed by atoms with van der Waals surface area (Å²) in [5, 5.41) is -0.627. The van der Waals surface area contributed by atoms with Gasteiger partial charge in [0.15, 0.2) is 0 Å². The number of hydrogen-bond acceptors (Lipinski definition) is 3. The van der Waals surface area contributed by atoms with Gasteiger partial charge >= 0.3 is 6.18 Å². The summed E-state index contributed by atoms with van der Waals surface area (Å²) in [4.78, 5) is 26.6. The van der Waals surface area contributed by atoms with Crippen LogP contribution >= 0.6 is 11.6 Å². The molecule has 2 aromatic carbocycles. The van der Waals surface area contributed by atoms with Gasteiger partial charge in [-0.15, -0.1) is 0 Å². The van der Waals surface area contributed by atoms with Crippen LogP contribution in [0.4, 0.5) is 23.2 Å². The Kier molecular flexibility index (Phi) is 6.88. The molecule has 0 aliphatic heterocycles. The Morgan fingerprint density at radius 2 is 1.81 bits per heavy atom. The molecule has 0 radical (unpaired) electrons. The number of amides is 1. The van der Waals surface area contributed by atoms with Gasteiger partial charge in [0.1, 0.15) is 5.82 Å². The number of alkyl halides is 3. The van der Waals surface area contributed by atoms with E-state index >= 15 is 0 Å². The highest BCUT2D eigenvalue weighted by Gasteiger charge is 2.34. The standard InChI is InChI=1S/C22H18ClF4N3O2/c1-2-12-8-15(24)4-3-13(12)7-14-9-18(22(25,26)27)19(23)11-17(14)21(32)30-29-16-5-6-28-20(31)10-16/h3-6,8-11H,2,7H2,1H3,(H,30,32)(H2,28,29,31). The van der Waals surface area contributed by atoms with Crippen LogP contribution in [0.1, 0.15) is 39.5 Å². The normalized spacial score (nSPS) is 11.3. The van der Waals surface area contributed by atoms with Crippen LogP contribution in [0.5, 0.6) is 0 Å². The molecule has 0 saturated heterocycles. The highest BCUT2D eigenvalue weighted by molar-refractivity contribution is 6.31. The lowest BCUT2D eigenvalue weighted by Gasteiger charge is -2.17. The minimum absolute atomic E-state index is 0.0442. The van der Waals surface area contributed by atoms with Gasteiger partial charge in [-0.25, -0.2) is 4.39 Å². The Morgan fingerprint density at radius 1 is 1.06 bits per heavy atom. The van der Waals surface area contributed by atoms with Crippen molar-refractivity contribution in [1.82, 2.24) is 10.4 Å². The molecule has 5 nitrogen and oxygen atoms in total. The van der Waals surface area contributed by atoms with Gasteiger partial charge in [0, 0.05) is 17.8 Å². The molecule has 168 valence electrons. The van der Waals surface area contributed by atoms with Crippen LogP contribution in [0, 0.1) is 5.82 Å². The highest BCUT2D eigenvalue weighted by atomic mass is 35.5. The Bertz CT molecular complexity index is 1210. The van der Waals surface area contributed by atoms with Crippen molar-refractivity contribution in [3.63, 3.8) is 0 Å². The zero-order valence-corrected chi connectivity index (χ0v) is 17.5. The second-order valence-corrected chi connectivity index (χ2v) is 7.36. The molecular weight excluding hydrogens is 450 g/mol. The quantitative estimate of drug-likeness (QED) is 0.349. The first kappa shape index (κ1) is 23.3. The first-order chi connectivity index (χ1) is 15.1. The van der Waals surface area contributed by atoms with E-state index in [1.165, 1.54) is 36.5 Å². The topological polar surface area (TPSA) is 74.0 Å². The van der Waals surface area contributed by atoms with E-state index in [4.69, 9.17) is 11.6 Å². The Morgan fingerprint density at radius 3 is 2.47 bits per heavy atom. The number of anilines is 1. The summed E-state index contributed by atoms with van der Waals surface area (Å²) in [5.74, 6) is -1.21. The van der Waals surface area contributed by atoms with Crippen molar-refractivity contribution >= 4 is 23.2 Å². The number of hydrogen-bond donors (Lipinski definition) is 3. The summed E-state index contributed by atoms with van der Waals surface area (Å²) in [6, 6.07) is 8.44. The first-order valence-corrected chi connectivity index (χ1v) is 9.88. The van der Waals surface area contributed by atoms with Crippen molar-refractivity contribution in [1.29, 1.82) is 0 Å². The number of halogens is 5.